The van der Waals surface area contributed by atoms with Crippen LogP contribution in [0.5, 0.6) is 0 Å². The molecule has 0 aliphatic carbocycles. The zero-order valence-corrected chi connectivity index (χ0v) is 18.8. The number of carbonyl (C=O) groups is 1. The molecule has 5 nitrogen and oxygen atoms in total. The molecule has 0 saturated heterocycles. The Morgan fingerprint density at radius 2 is 1.79 bits per heavy atom. The molecular weight excluding hydrogens is 421 g/mol. The van der Waals surface area contributed by atoms with Gasteiger partial charge in [0.15, 0.2) is 5.43 Å². The molecule has 0 spiro atoms. The number of hydrogen-bond donors (Lipinski definition) is 2. The van der Waals surface area contributed by atoms with Gasteiger partial charge in [-0.25, -0.2) is 9.18 Å². The second kappa shape index (κ2) is 8.54. The maximum absolute atomic E-state index is 14.9. The van der Waals surface area contributed by atoms with Crippen molar-refractivity contribution in [1.29, 1.82) is 0 Å². The first-order valence-corrected chi connectivity index (χ1v) is 10.6. The van der Waals surface area contributed by atoms with Crippen LogP contribution in [0, 0.1) is 26.6 Å². The Morgan fingerprint density at radius 1 is 1.06 bits per heavy atom. The molecule has 1 atom stereocenters. The van der Waals surface area contributed by atoms with Crippen LogP contribution < -0.4 is 10.7 Å². The molecule has 0 fully saturated rings. The predicted molar refractivity (Wildman–Crippen MR) is 128 cm³/mol. The Morgan fingerprint density at radius 3 is 2.52 bits per heavy atom. The van der Waals surface area contributed by atoms with Crippen LogP contribution in [0.3, 0.4) is 0 Å². The van der Waals surface area contributed by atoms with Crippen molar-refractivity contribution in [1.82, 2.24) is 0 Å². The zero-order valence-electron chi connectivity index (χ0n) is 18.8. The summed E-state index contributed by atoms with van der Waals surface area (Å²) in [6, 6.07) is 14.8. The van der Waals surface area contributed by atoms with Gasteiger partial charge in [-0.1, -0.05) is 30.3 Å². The summed E-state index contributed by atoms with van der Waals surface area (Å²) in [4.78, 5) is 24.9. The fraction of sp³-hybridized carbons (Fsp3) is 0.185. The van der Waals surface area contributed by atoms with Gasteiger partial charge in [0.1, 0.15) is 17.2 Å². The third-order valence-corrected chi connectivity index (χ3v) is 5.82. The van der Waals surface area contributed by atoms with E-state index in [0.29, 0.717) is 33.3 Å². The molecule has 1 aromatic heterocycles. The fourth-order valence-electron chi connectivity index (χ4n) is 4.08. The molecule has 2 N–H and O–H groups in total. The van der Waals surface area contributed by atoms with E-state index in [4.69, 9.17) is 4.42 Å². The normalized spacial score (nSPS) is 12.0. The Bertz CT molecular complexity index is 1450. The Balaban J connectivity index is 1.92. The molecule has 1 heterocycles. The molecule has 0 aliphatic rings. The number of para-hydroxylation sites is 1. The molecule has 4 rings (SSSR count). The van der Waals surface area contributed by atoms with Crippen molar-refractivity contribution >= 4 is 22.6 Å². The number of benzene rings is 3. The monoisotopic (exact) mass is 445 g/mol. The molecular formula is C27H24FNO4. The lowest BCUT2D eigenvalue weighted by Gasteiger charge is -2.20. The van der Waals surface area contributed by atoms with E-state index in [1.807, 2.05) is 19.9 Å². The first-order chi connectivity index (χ1) is 15.7. The SMILES string of the molecule is Cc1cc(C(C)Nc2ccccc2C(=O)O)c2oc(-c3cccc(C)c3F)c(C)c(=O)c2c1. The summed E-state index contributed by atoms with van der Waals surface area (Å²) in [5, 5.41) is 13.1. The van der Waals surface area contributed by atoms with E-state index >= 15 is 0 Å². The minimum Gasteiger partial charge on any atom is -0.478 e. The number of halogens is 1. The van der Waals surface area contributed by atoms with Gasteiger partial charge in [0.05, 0.1) is 22.6 Å². The number of nitrogens with one attached hydrogen (secondary N) is 1. The highest BCUT2D eigenvalue weighted by molar-refractivity contribution is 5.94. The van der Waals surface area contributed by atoms with E-state index < -0.39 is 17.8 Å². The molecule has 33 heavy (non-hydrogen) atoms. The highest BCUT2D eigenvalue weighted by Gasteiger charge is 2.21. The van der Waals surface area contributed by atoms with Crippen molar-refractivity contribution in [2.24, 2.45) is 0 Å². The number of carboxylic acid groups (broad SMARTS) is 1. The topological polar surface area (TPSA) is 79.5 Å². The Labute approximate surface area is 190 Å². The maximum atomic E-state index is 14.9. The second-order valence-corrected chi connectivity index (χ2v) is 8.27. The summed E-state index contributed by atoms with van der Waals surface area (Å²) in [5.74, 6) is -1.28. The Kier molecular flexibility index (Phi) is 5.77. The molecule has 0 radical (unpaired) electrons. The first-order valence-electron chi connectivity index (χ1n) is 10.6. The molecule has 0 amide bonds. The van der Waals surface area contributed by atoms with Crippen LogP contribution in [0.15, 0.2) is 63.8 Å². The van der Waals surface area contributed by atoms with Crippen molar-refractivity contribution in [3.63, 3.8) is 0 Å². The van der Waals surface area contributed by atoms with Crippen LogP contribution in [0.4, 0.5) is 10.1 Å². The highest BCUT2D eigenvalue weighted by atomic mass is 19.1. The number of rotatable bonds is 5. The molecule has 0 aliphatic heterocycles. The van der Waals surface area contributed by atoms with E-state index in [1.54, 1.807) is 56.3 Å². The summed E-state index contributed by atoms with van der Waals surface area (Å²) in [7, 11) is 0. The van der Waals surface area contributed by atoms with Crippen molar-refractivity contribution in [2.45, 2.75) is 33.7 Å². The third-order valence-electron chi connectivity index (χ3n) is 5.82. The summed E-state index contributed by atoms with van der Waals surface area (Å²) in [6.45, 7) is 7.03. The van der Waals surface area contributed by atoms with Gasteiger partial charge in [-0.15, -0.1) is 0 Å². The lowest BCUT2D eigenvalue weighted by Crippen LogP contribution is -2.14. The first kappa shape index (κ1) is 22.3. The number of aromatic carboxylic acids is 1. The standard InChI is InChI=1S/C27H24FNO4/c1-14-12-20(17(4)29-22-11-6-5-9-18(22)27(31)32)26-21(13-14)24(30)16(3)25(33-26)19-10-7-8-15(2)23(19)28/h5-13,17,29H,1-4H3,(H,31,32). The van der Waals surface area contributed by atoms with Crippen molar-refractivity contribution < 1.29 is 18.7 Å². The average molecular weight is 445 g/mol. The summed E-state index contributed by atoms with van der Waals surface area (Å²) in [6.07, 6.45) is 0. The minimum absolute atomic E-state index is 0.140. The van der Waals surface area contributed by atoms with Crippen LogP contribution in [-0.4, -0.2) is 11.1 Å². The molecule has 4 aromatic rings. The van der Waals surface area contributed by atoms with Gasteiger partial charge in [0.25, 0.3) is 0 Å². The zero-order chi connectivity index (χ0) is 23.9. The van der Waals surface area contributed by atoms with Gasteiger partial charge in [0, 0.05) is 16.8 Å². The van der Waals surface area contributed by atoms with E-state index in [9.17, 15) is 19.1 Å². The smallest absolute Gasteiger partial charge is 0.337 e. The Hall–Kier alpha value is -3.93. The maximum Gasteiger partial charge on any atom is 0.337 e. The quantitative estimate of drug-likeness (QED) is 0.372. The highest BCUT2D eigenvalue weighted by Crippen LogP contribution is 2.34. The number of aryl methyl sites for hydroxylation is 2. The van der Waals surface area contributed by atoms with Crippen LogP contribution in [0.25, 0.3) is 22.3 Å². The van der Waals surface area contributed by atoms with Crippen LogP contribution in [-0.2, 0) is 0 Å². The van der Waals surface area contributed by atoms with E-state index in [1.165, 1.54) is 6.07 Å². The van der Waals surface area contributed by atoms with Crippen LogP contribution in [0.1, 0.15) is 45.6 Å². The van der Waals surface area contributed by atoms with Gasteiger partial charge >= 0.3 is 5.97 Å². The van der Waals surface area contributed by atoms with Crippen LogP contribution in [0.2, 0.25) is 0 Å². The minimum atomic E-state index is -1.04. The van der Waals surface area contributed by atoms with Gasteiger partial charge in [0.2, 0.25) is 0 Å². The summed E-state index contributed by atoms with van der Waals surface area (Å²) in [5.41, 5.74) is 3.27. The third kappa shape index (κ3) is 4.00. The van der Waals surface area contributed by atoms with Gasteiger partial charge in [-0.05, 0) is 63.1 Å². The summed E-state index contributed by atoms with van der Waals surface area (Å²) >= 11 is 0. The average Bonchev–Trinajstić information content (AvgIpc) is 2.78. The van der Waals surface area contributed by atoms with E-state index in [2.05, 4.69) is 5.32 Å². The lowest BCUT2D eigenvalue weighted by atomic mass is 9.98. The molecule has 0 bridgehead atoms. The van der Waals surface area contributed by atoms with E-state index in [0.717, 1.165) is 5.56 Å². The number of hydrogen-bond acceptors (Lipinski definition) is 4. The lowest BCUT2D eigenvalue weighted by molar-refractivity contribution is 0.0698. The van der Waals surface area contributed by atoms with Crippen molar-refractivity contribution in [3.05, 3.63) is 98.5 Å². The molecule has 1 unspecified atom stereocenters. The molecule has 168 valence electrons. The number of carboxylic acids is 1. The predicted octanol–water partition coefficient (Wildman–Crippen LogP) is 6.40. The van der Waals surface area contributed by atoms with Gasteiger partial charge in [-0.3, -0.25) is 4.79 Å². The van der Waals surface area contributed by atoms with Crippen LogP contribution >= 0.6 is 0 Å². The molecule has 0 saturated carbocycles. The summed E-state index contributed by atoms with van der Waals surface area (Å²) < 4.78 is 21.1. The fourth-order valence-corrected chi connectivity index (χ4v) is 4.08. The van der Waals surface area contributed by atoms with Crippen molar-refractivity contribution in [2.75, 3.05) is 5.32 Å². The number of anilines is 1. The molecule has 6 heteroatoms. The van der Waals surface area contributed by atoms with E-state index in [-0.39, 0.29) is 22.3 Å². The molecule has 3 aromatic carbocycles. The second-order valence-electron chi connectivity index (χ2n) is 8.27. The largest absolute Gasteiger partial charge is 0.478 e. The van der Waals surface area contributed by atoms with Gasteiger partial charge in [-0.2, -0.15) is 0 Å². The van der Waals surface area contributed by atoms with Crippen molar-refractivity contribution in [3.8, 4) is 11.3 Å². The van der Waals surface area contributed by atoms with Gasteiger partial charge < -0.3 is 14.8 Å². The number of fused-ring (bicyclic) bond motifs is 1.